The fourth-order valence-electron chi connectivity index (χ4n) is 2.62. The van der Waals surface area contributed by atoms with E-state index in [9.17, 15) is 9.59 Å². The first-order valence-corrected chi connectivity index (χ1v) is 7.88. The average Bonchev–Trinajstić information content (AvgIpc) is 2.54. The summed E-state index contributed by atoms with van der Waals surface area (Å²) < 4.78 is 5.02. The highest BCUT2D eigenvalue weighted by Crippen LogP contribution is 2.17. The Morgan fingerprint density at radius 2 is 1.70 bits per heavy atom. The van der Waals surface area contributed by atoms with Crippen LogP contribution in [-0.4, -0.2) is 18.4 Å². The summed E-state index contributed by atoms with van der Waals surface area (Å²) >= 11 is 0. The minimum atomic E-state index is -0.442. The van der Waals surface area contributed by atoms with Crippen LogP contribution in [0.3, 0.4) is 0 Å². The fraction of sp³-hybridized carbons (Fsp3) is 0.300. The number of carbonyl (C=O) groups excluding carboxylic acids is 2. The van der Waals surface area contributed by atoms with E-state index in [1.54, 1.807) is 31.2 Å². The van der Waals surface area contributed by atoms with Crippen LogP contribution >= 0.6 is 0 Å². The number of hydrogen-bond donors (Lipinski definition) is 0. The van der Waals surface area contributed by atoms with Gasteiger partial charge in [-0.2, -0.15) is 0 Å². The van der Waals surface area contributed by atoms with E-state index < -0.39 is 5.97 Å². The van der Waals surface area contributed by atoms with Gasteiger partial charge < -0.3 is 4.74 Å². The quantitative estimate of drug-likeness (QED) is 0.590. The standard InChI is InChI=1S/C20H22O3/c1-4-23-20(22)18-8-6-5-7-17(18)19(21)12-11-16-10-9-14(2)13-15(16)3/h5-10,13H,4,11-12H2,1-3H3. The molecule has 0 aliphatic carbocycles. The maximum absolute atomic E-state index is 12.5. The number of aryl methyl sites for hydroxylation is 3. The molecule has 3 nitrogen and oxygen atoms in total. The number of rotatable bonds is 6. The van der Waals surface area contributed by atoms with Crippen LogP contribution < -0.4 is 0 Å². The molecule has 0 fully saturated rings. The van der Waals surface area contributed by atoms with Crippen LogP contribution in [0, 0.1) is 13.8 Å². The summed E-state index contributed by atoms with van der Waals surface area (Å²) in [7, 11) is 0. The third-order valence-electron chi connectivity index (χ3n) is 3.84. The van der Waals surface area contributed by atoms with E-state index in [1.807, 2.05) is 0 Å². The zero-order valence-electron chi connectivity index (χ0n) is 13.9. The molecule has 120 valence electrons. The Morgan fingerprint density at radius 3 is 2.35 bits per heavy atom. The van der Waals surface area contributed by atoms with E-state index in [0.717, 1.165) is 5.56 Å². The Labute approximate surface area is 137 Å². The van der Waals surface area contributed by atoms with E-state index in [1.165, 1.54) is 11.1 Å². The van der Waals surface area contributed by atoms with Crippen LogP contribution in [0.5, 0.6) is 0 Å². The first-order valence-electron chi connectivity index (χ1n) is 7.88. The topological polar surface area (TPSA) is 43.4 Å². The Hall–Kier alpha value is -2.42. The third-order valence-corrected chi connectivity index (χ3v) is 3.84. The molecule has 0 aromatic heterocycles. The van der Waals surface area contributed by atoms with Crippen molar-refractivity contribution in [2.75, 3.05) is 6.61 Å². The predicted molar refractivity (Wildman–Crippen MR) is 91.0 cm³/mol. The van der Waals surface area contributed by atoms with E-state index in [4.69, 9.17) is 4.74 Å². The Bertz CT molecular complexity index is 717. The van der Waals surface area contributed by atoms with E-state index in [-0.39, 0.29) is 5.78 Å². The van der Waals surface area contributed by atoms with Gasteiger partial charge in [-0.1, -0.05) is 42.0 Å². The normalized spacial score (nSPS) is 10.4. The lowest BCUT2D eigenvalue weighted by Gasteiger charge is -2.09. The highest BCUT2D eigenvalue weighted by atomic mass is 16.5. The van der Waals surface area contributed by atoms with Crippen LogP contribution in [0.1, 0.15) is 50.8 Å². The summed E-state index contributed by atoms with van der Waals surface area (Å²) in [5, 5.41) is 0. The monoisotopic (exact) mass is 310 g/mol. The summed E-state index contributed by atoms with van der Waals surface area (Å²) in [5.74, 6) is -0.475. The first-order chi connectivity index (χ1) is 11.0. The van der Waals surface area contributed by atoms with Gasteiger partial charge in [-0.05, 0) is 44.4 Å². The van der Waals surface area contributed by atoms with Gasteiger partial charge in [0.2, 0.25) is 0 Å². The van der Waals surface area contributed by atoms with E-state index in [2.05, 4.69) is 32.0 Å². The van der Waals surface area contributed by atoms with Crippen LogP contribution in [0.15, 0.2) is 42.5 Å². The molecule has 0 saturated carbocycles. The highest BCUT2D eigenvalue weighted by Gasteiger charge is 2.17. The molecule has 2 rings (SSSR count). The fourth-order valence-corrected chi connectivity index (χ4v) is 2.62. The minimum Gasteiger partial charge on any atom is -0.462 e. The number of benzene rings is 2. The predicted octanol–water partition coefficient (Wildman–Crippen LogP) is 4.30. The van der Waals surface area contributed by atoms with Crippen LogP contribution in [0.4, 0.5) is 0 Å². The molecule has 0 unspecified atom stereocenters. The number of carbonyl (C=O) groups is 2. The van der Waals surface area contributed by atoms with Gasteiger partial charge in [0.15, 0.2) is 5.78 Å². The second kappa shape index (κ2) is 7.73. The number of hydrogen-bond acceptors (Lipinski definition) is 3. The lowest BCUT2D eigenvalue weighted by molar-refractivity contribution is 0.0523. The molecule has 0 spiro atoms. The van der Waals surface area contributed by atoms with Crippen molar-refractivity contribution in [2.24, 2.45) is 0 Å². The average molecular weight is 310 g/mol. The molecule has 0 radical (unpaired) electrons. The number of ketones is 1. The Kier molecular flexibility index (Phi) is 5.69. The highest BCUT2D eigenvalue weighted by molar-refractivity contribution is 6.06. The molecular weight excluding hydrogens is 288 g/mol. The van der Waals surface area contributed by atoms with Crippen molar-refractivity contribution in [1.82, 2.24) is 0 Å². The largest absolute Gasteiger partial charge is 0.462 e. The molecule has 3 heteroatoms. The smallest absolute Gasteiger partial charge is 0.338 e. The second-order valence-corrected chi connectivity index (χ2v) is 5.62. The van der Waals surface area contributed by atoms with Crippen LogP contribution in [0.2, 0.25) is 0 Å². The van der Waals surface area contributed by atoms with Crippen molar-refractivity contribution in [1.29, 1.82) is 0 Å². The van der Waals surface area contributed by atoms with Gasteiger partial charge in [0.05, 0.1) is 12.2 Å². The van der Waals surface area contributed by atoms with Crippen molar-refractivity contribution in [3.05, 3.63) is 70.3 Å². The van der Waals surface area contributed by atoms with Gasteiger partial charge in [-0.25, -0.2) is 4.79 Å². The molecule has 0 atom stereocenters. The van der Waals surface area contributed by atoms with Crippen LogP contribution in [-0.2, 0) is 11.2 Å². The molecule has 0 amide bonds. The summed E-state index contributed by atoms with van der Waals surface area (Å²) in [4.78, 5) is 24.5. The van der Waals surface area contributed by atoms with Crippen molar-refractivity contribution >= 4 is 11.8 Å². The SMILES string of the molecule is CCOC(=O)c1ccccc1C(=O)CCc1ccc(C)cc1C. The van der Waals surface area contributed by atoms with Crippen molar-refractivity contribution < 1.29 is 14.3 Å². The third kappa shape index (κ3) is 4.28. The summed E-state index contributed by atoms with van der Waals surface area (Å²) in [6.45, 7) is 6.16. The van der Waals surface area contributed by atoms with E-state index >= 15 is 0 Å². The Balaban J connectivity index is 2.13. The van der Waals surface area contributed by atoms with Crippen molar-refractivity contribution in [2.45, 2.75) is 33.6 Å². The van der Waals surface area contributed by atoms with Crippen molar-refractivity contribution in [3.8, 4) is 0 Å². The molecule has 0 saturated heterocycles. The lowest BCUT2D eigenvalue weighted by atomic mass is 9.96. The first kappa shape index (κ1) is 16.9. The molecular formula is C20H22O3. The molecule has 2 aromatic carbocycles. The zero-order valence-corrected chi connectivity index (χ0v) is 13.9. The van der Waals surface area contributed by atoms with Gasteiger partial charge in [-0.3, -0.25) is 4.79 Å². The van der Waals surface area contributed by atoms with Gasteiger partial charge in [-0.15, -0.1) is 0 Å². The van der Waals surface area contributed by atoms with Gasteiger partial charge in [0.25, 0.3) is 0 Å². The molecule has 0 bridgehead atoms. The zero-order chi connectivity index (χ0) is 16.8. The molecule has 0 N–H and O–H groups in total. The maximum atomic E-state index is 12.5. The summed E-state index contributed by atoms with van der Waals surface area (Å²) in [6, 6.07) is 13.1. The molecule has 0 aliphatic rings. The maximum Gasteiger partial charge on any atom is 0.338 e. The summed E-state index contributed by atoms with van der Waals surface area (Å²) in [6.07, 6.45) is 1.04. The number of Topliss-reactive ketones (excluding diaryl/α,β-unsaturated/α-hetero) is 1. The van der Waals surface area contributed by atoms with Gasteiger partial charge in [0, 0.05) is 12.0 Å². The number of esters is 1. The molecule has 23 heavy (non-hydrogen) atoms. The summed E-state index contributed by atoms with van der Waals surface area (Å²) in [5.41, 5.74) is 4.36. The number of ether oxygens (including phenoxy) is 1. The molecule has 0 aliphatic heterocycles. The second-order valence-electron chi connectivity index (χ2n) is 5.62. The van der Waals surface area contributed by atoms with E-state index in [0.29, 0.717) is 30.6 Å². The minimum absolute atomic E-state index is 0.0337. The molecule has 0 heterocycles. The van der Waals surface area contributed by atoms with Crippen LogP contribution in [0.25, 0.3) is 0 Å². The van der Waals surface area contributed by atoms with Crippen molar-refractivity contribution in [3.63, 3.8) is 0 Å². The molecule has 2 aromatic rings. The Morgan fingerprint density at radius 1 is 1.00 bits per heavy atom. The van der Waals surface area contributed by atoms with Gasteiger partial charge in [0.1, 0.15) is 0 Å². The lowest BCUT2D eigenvalue weighted by Crippen LogP contribution is -2.12. The van der Waals surface area contributed by atoms with Gasteiger partial charge >= 0.3 is 5.97 Å².